The van der Waals surface area contributed by atoms with Gasteiger partial charge in [0.15, 0.2) is 0 Å². The lowest BCUT2D eigenvalue weighted by molar-refractivity contribution is 0.146. The van der Waals surface area contributed by atoms with Gasteiger partial charge in [-0.1, -0.05) is 18.0 Å². The van der Waals surface area contributed by atoms with Gasteiger partial charge in [0.25, 0.3) is 0 Å². The minimum atomic E-state index is -0.392. The maximum absolute atomic E-state index is 8.91. The maximum Gasteiger partial charge on any atom is 0.131 e. The van der Waals surface area contributed by atoms with E-state index in [0.29, 0.717) is 5.82 Å². The van der Waals surface area contributed by atoms with Crippen LogP contribution in [0.25, 0.3) is 11.3 Å². The first kappa shape index (κ1) is 21.7. The first-order valence-electron chi connectivity index (χ1n) is 11.9. The molecule has 1 heterocycles. The van der Waals surface area contributed by atoms with Crippen LogP contribution < -0.4 is 16.2 Å². The molecule has 2 aromatic rings. The lowest BCUT2D eigenvalue weighted by atomic mass is 9.66. The molecule has 1 aromatic carbocycles. The Morgan fingerprint density at radius 3 is 2.67 bits per heavy atom. The highest BCUT2D eigenvalue weighted by molar-refractivity contribution is 6.16. The van der Waals surface area contributed by atoms with E-state index in [9.17, 15) is 0 Å². The van der Waals surface area contributed by atoms with E-state index < -0.39 is 5.41 Å². The van der Waals surface area contributed by atoms with Crippen LogP contribution in [-0.2, 0) is 10.3 Å². The summed E-state index contributed by atoms with van der Waals surface area (Å²) in [4.78, 5) is 14.6. The molecule has 0 saturated heterocycles. The zero-order valence-corrected chi connectivity index (χ0v) is 18.8. The van der Waals surface area contributed by atoms with Crippen molar-refractivity contribution in [2.24, 2.45) is 10.9 Å². The number of oxime groups is 1. The minimum absolute atomic E-state index is 0.171. The number of nitrogen functional groups attached to an aromatic ring is 1. The number of ether oxygens (including phenoxy) is 1. The van der Waals surface area contributed by atoms with E-state index in [1.165, 1.54) is 6.33 Å². The summed E-state index contributed by atoms with van der Waals surface area (Å²) in [6.45, 7) is 0.248. The predicted octanol–water partition coefficient (Wildman–Crippen LogP) is 3.83. The highest BCUT2D eigenvalue weighted by Gasteiger charge is 2.49. The molecule has 8 nitrogen and oxygen atoms in total. The Morgan fingerprint density at radius 2 is 1.91 bits per heavy atom. The largest absolute Gasteiger partial charge is 0.490 e. The summed E-state index contributed by atoms with van der Waals surface area (Å²) in [6.07, 6.45) is 9.84. The second kappa shape index (κ2) is 8.99. The first-order chi connectivity index (χ1) is 16.1. The average molecular weight is 447 g/mol. The number of nitrogens with two attached hydrogens (primary N) is 2. The summed E-state index contributed by atoms with van der Waals surface area (Å²) in [7, 11) is 0. The molecule has 8 heteroatoms. The van der Waals surface area contributed by atoms with Crippen LogP contribution in [0.5, 0.6) is 5.75 Å². The third-order valence-corrected chi connectivity index (χ3v) is 7.25. The molecule has 1 aromatic heterocycles. The van der Waals surface area contributed by atoms with Crippen LogP contribution in [0.3, 0.4) is 0 Å². The number of fused-ring (bicyclic) bond motifs is 4. The molecule has 5 rings (SSSR count). The summed E-state index contributed by atoms with van der Waals surface area (Å²) < 4.78 is 6.37. The number of hydrogen-bond donors (Lipinski definition) is 2. The maximum atomic E-state index is 8.91. The van der Waals surface area contributed by atoms with Gasteiger partial charge < -0.3 is 21.0 Å². The number of aromatic nitrogens is 2. The number of benzene rings is 1. The van der Waals surface area contributed by atoms with Crippen molar-refractivity contribution in [1.82, 2.24) is 9.97 Å². The van der Waals surface area contributed by atoms with E-state index >= 15 is 0 Å². The third-order valence-electron chi connectivity index (χ3n) is 7.25. The van der Waals surface area contributed by atoms with E-state index in [1.54, 1.807) is 0 Å². The molecule has 0 aliphatic heterocycles. The second-order valence-electron chi connectivity index (χ2n) is 9.31. The quantitative estimate of drug-likeness (QED) is 0.527. The Balaban J connectivity index is 1.59. The molecule has 2 saturated carbocycles. The third kappa shape index (κ3) is 3.91. The standard InChI is InChI=1S/C25H30N6O2/c26-12-3-13-32-31-23-20-14-18(33-17-6-4-16(27)5-7-17)8-9-19(20)22-21(24(28)30-15-29-22)25(23)10-1-2-11-25/h8-9,14-17H,1-7,10-11,13,27H2,(H2,28,29,30)/b31-23+. The summed E-state index contributed by atoms with van der Waals surface area (Å²) in [5.74, 6) is 1.31. The van der Waals surface area contributed by atoms with E-state index in [4.69, 9.17) is 26.3 Å². The van der Waals surface area contributed by atoms with Crippen molar-refractivity contribution >= 4 is 11.5 Å². The van der Waals surface area contributed by atoms with Crippen molar-refractivity contribution in [2.45, 2.75) is 75.3 Å². The molecule has 0 atom stereocenters. The molecule has 0 radical (unpaired) electrons. The van der Waals surface area contributed by atoms with Gasteiger partial charge in [-0.25, -0.2) is 9.97 Å². The SMILES string of the molecule is N#CCCO/N=C1\c2cc(OC3CCC(N)CC3)ccc2-c2ncnc(N)c2C12CCCC2. The normalized spacial score (nSPS) is 24.2. The van der Waals surface area contributed by atoms with Crippen molar-refractivity contribution in [3.63, 3.8) is 0 Å². The molecular formula is C25H30N6O2. The van der Waals surface area contributed by atoms with Crippen LogP contribution in [-0.4, -0.2) is 34.4 Å². The van der Waals surface area contributed by atoms with Gasteiger partial charge in [0.1, 0.15) is 24.5 Å². The molecule has 4 N–H and O–H groups in total. The van der Waals surface area contributed by atoms with Gasteiger partial charge in [0.2, 0.25) is 0 Å². The Labute approximate surface area is 194 Å². The predicted molar refractivity (Wildman–Crippen MR) is 126 cm³/mol. The van der Waals surface area contributed by atoms with Gasteiger partial charge in [-0.3, -0.25) is 0 Å². The summed E-state index contributed by atoms with van der Waals surface area (Å²) >= 11 is 0. The fourth-order valence-electron chi connectivity index (χ4n) is 5.65. The summed E-state index contributed by atoms with van der Waals surface area (Å²) in [5, 5.41) is 13.5. The van der Waals surface area contributed by atoms with E-state index in [-0.39, 0.29) is 25.2 Å². The van der Waals surface area contributed by atoms with E-state index in [1.807, 2.05) is 12.1 Å². The lowest BCUT2D eigenvalue weighted by Crippen LogP contribution is -2.39. The smallest absolute Gasteiger partial charge is 0.131 e. The highest BCUT2D eigenvalue weighted by atomic mass is 16.6. The number of nitrogens with zero attached hydrogens (tertiary/aromatic N) is 4. The molecule has 2 fully saturated rings. The molecule has 3 aliphatic rings. The lowest BCUT2D eigenvalue weighted by Gasteiger charge is -2.37. The topological polar surface area (TPSA) is 132 Å². The van der Waals surface area contributed by atoms with Crippen LogP contribution >= 0.6 is 0 Å². The van der Waals surface area contributed by atoms with Crippen LogP contribution in [0, 0.1) is 11.3 Å². The average Bonchev–Trinajstić information content (AvgIpc) is 3.30. The Hall–Kier alpha value is -3.18. The number of nitriles is 1. The van der Waals surface area contributed by atoms with Gasteiger partial charge in [0, 0.05) is 28.1 Å². The fourth-order valence-corrected chi connectivity index (χ4v) is 5.65. The molecular weight excluding hydrogens is 416 g/mol. The van der Waals surface area contributed by atoms with Crippen LogP contribution in [0.4, 0.5) is 5.82 Å². The Kier molecular flexibility index (Phi) is 5.90. The van der Waals surface area contributed by atoms with Gasteiger partial charge in [0.05, 0.1) is 30.0 Å². The van der Waals surface area contributed by atoms with E-state index in [0.717, 1.165) is 85.2 Å². The van der Waals surface area contributed by atoms with Crippen molar-refractivity contribution in [3.8, 4) is 23.1 Å². The van der Waals surface area contributed by atoms with Gasteiger partial charge in [-0.05, 0) is 56.7 Å². The molecule has 0 unspecified atom stereocenters. The van der Waals surface area contributed by atoms with Crippen LogP contribution in [0.1, 0.15) is 68.9 Å². The van der Waals surface area contributed by atoms with Crippen molar-refractivity contribution in [2.75, 3.05) is 12.3 Å². The monoisotopic (exact) mass is 446 g/mol. The Morgan fingerprint density at radius 1 is 1.12 bits per heavy atom. The second-order valence-corrected chi connectivity index (χ2v) is 9.31. The molecule has 172 valence electrons. The van der Waals surface area contributed by atoms with Crippen molar-refractivity contribution in [3.05, 3.63) is 35.7 Å². The molecule has 1 spiro atoms. The van der Waals surface area contributed by atoms with Crippen LogP contribution in [0.15, 0.2) is 29.7 Å². The van der Waals surface area contributed by atoms with Crippen molar-refractivity contribution in [1.29, 1.82) is 5.26 Å². The first-order valence-corrected chi connectivity index (χ1v) is 11.9. The van der Waals surface area contributed by atoms with Gasteiger partial charge in [-0.15, -0.1) is 0 Å². The summed E-state index contributed by atoms with van der Waals surface area (Å²) in [5.41, 5.74) is 16.7. The van der Waals surface area contributed by atoms with Gasteiger partial charge in [-0.2, -0.15) is 5.26 Å². The van der Waals surface area contributed by atoms with E-state index in [2.05, 4.69) is 27.3 Å². The number of anilines is 1. The molecule has 0 bridgehead atoms. The number of rotatable bonds is 5. The number of hydrogen-bond acceptors (Lipinski definition) is 8. The zero-order valence-electron chi connectivity index (χ0n) is 18.8. The molecule has 0 amide bonds. The Bertz CT molecular complexity index is 1090. The molecule has 33 heavy (non-hydrogen) atoms. The molecule has 3 aliphatic carbocycles. The van der Waals surface area contributed by atoms with Crippen molar-refractivity contribution < 1.29 is 9.57 Å². The summed E-state index contributed by atoms with van der Waals surface area (Å²) in [6, 6.07) is 8.49. The fraction of sp³-hybridized carbons (Fsp3) is 0.520. The zero-order chi connectivity index (χ0) is 22.8. The highest BCUT2D eigenvalue weighted by Crippen LogP contribution is 2.53. The van der Waals surface area contributed by atoms with Crippen LogP contribution in [0.2, 0.25) is 0 Å². The minimum Gasteiger partial charge on any atom is -0.490 e. The van der Waals surface area contributed by atoms with Gasteiger partial charge >= 0.3 is 0 Å².